The van der Waals surface area contributed by atoms with Gasteiger partial charge in [-0.05, 0) is 67.8 Å². The van der Waals surface area contributed by atoms with Gasteiger partial charge in [-0.25, -0.2) is 0 Å². The highest BCUT2D eigenvalue weighted by Gasteiger charge is 2.42. The Hall–Kier alpha value is -3.06. The van der Waals surface area contributed by atoms with E-state index in [9.17, 15) is 4.79 Å². The molecular formula is C25H31N5O2. The summed E-state index contributed by atoms with van der Waals surface area (Å²) >= 11 is 0. The van der Waals surface area contributed by atoms with Gasteiger partial charge in [0.1, 0.15) is 5.69 Å². The fraction of sp³-hybridized carbons (Fsp3) is 0.440. The molecule has 1 amide bonds. The first-order chi connectivity index (χ1) is 15.5. The molecule has 3 fully saturated rings. The van der Waals surface area contributed by atoms with Crippen molar-refractivity contribution in [1.82, 2.24) is 20.0 Å². The van der Waals surface area contributed by atoms with Gasteiger partial charge in [0, 0.05) is 63.1 Å². The predicted octanol–water partition coefficient (Wildman–Crippen LogP) is 3.35. The fourth-order valence-electron chi connectivity index (χ4n) is 5.28. The van der Waals surface area contributed by atoms with Crippen molar-refractivity contribution in [2.75, 3.05) is 38.6 Å². The van der Waals surface area contributed by atoms with E-state index in [0.29, 0.717) is 30.0 Å². The summed E-state index contributed by atoms with van der Waals surface area (Å²) in [7, 11) is 6.02. The van der Waals surface area contributed by atoms with Crippen LogP contribution < -0.4 is 10.2 Å². The zero-order valence-electron chi connectivity index (χ0n) is 19.0. The molecule has 7 nitrogen and oxygen atoms in total. The van der Waals surface area contributed by atoms with Gasteiger partial charge in [-0.3, -0.25) is 14.4 Å². The van der Waals surface area contributed by atoms with Gasteiger partial charge in [0.15, 0.2) is 5.76 Å². The lowest BCUT2D eigenvalue weighted by Crippen LogP contribution is -2.56. The Labute approximate surface area is 189 Å². The Morgan fingerprint density at radius 2 is 2.06 bits per heavy atom. The molecule has 0 spiro atoms. The van der Waals surface area contributed by atoms with Crippen LogP contribution in [0.25, 0.3) is 11.5 Å². The number of carbonyl (C=O) groups is 1. The molecule has 0 saturated carbocycles. The maximum absolute atomic E-state index is 12.7. The predicted molar refractivity (Wildman–Crippen MR) is 125 cm³/mol. The number of piperidine rings is 3. The minimum absolute atomic E-state index is 0.00391. The van der Waals surface area contributed by atoms with Crippen LogP contribution in [-0.2, 0) is 7.05 Å². The van der Waals surface area contributed by atoms with Gasteiger partial charge in [-0.1, -0.05) is 0 Å². The molecule has 1 unspecified atom stereocenters. The maximum atomic E-state index is 12.7. The van der Waals surface area contributed by atoms with E-state index < -0.39 is 0 Å². The van der Waals surface area contributed by atoms with Crippen molar-refractivity contribution in [3.63, 3.8) is 0 Å². The number of rotatable bonds is 6. The molecule has 1 aromatic carbocycles. The van der Waals surface area contributed by atoms with E-state index in [1.54, 1.807) is 6.26 Å². The monoisotopic (exact) mass is 433 g/mol. The standard InChI is InChI=1S/C25H31N5O2/c1-28(2)19-8-6-17(7-9-19)25(31)26-15-20-13-18-10-11-30(20)16-21(18)23-14-22(27-29(23)3)24-5-4-12-32-24/h4-9,12,14,18,20-21H,10-11,13,15-16H2,1-3H3,(H,26,31)/t18-,20+,21-/m0/s1. The van der Waals surface area contributed by atoms with Crippen molar-refractivity contribution < 1.29 is 9.21 Å². The highest BCUT2D eigenvalue weighted by atomic mass is 16.3. The van der Waals surface area contributed by atoms with E-state index in [4.69, 9.17) is 4.42 Å². The van der Waals surface area contributed by atoms with Crippen LogP contribution >= 0.6 is 0 Å². The van der Waals surface area contributed by atoms with Gasteiger partial charge in [0.05, 0.1) is 6.26 Å². The molecule has 3 aromatic rings. The SMILES string of the molecule is CN(C)c1ccc(C(=O)NC[C@H]2C[C@@H]3CCN2C[C@@H]3c2cc(-c3ccco3)nn2C)cc1. The van der Waals surface area contributed by atoms with Crippen molar-refractivity contribution in [3.05, 3.63) is 60.0 Å². The number of amides is 1. The number of carbonyl (C=O) groups excluding carboxylic acids is 1. The summed E-state index contributed by atoms with van der Waals surface area (Å²) in [4.78, 5) is 17.2. The molecule has 0 aliphatic carbocycles. The number of fused-ring (bicyclic) bond motifs is 3. The molecule has 3 saturated heterocycles. The van der Waals surface area contributed by atoms with Crippen LogP contribution in [0.1, 0.15) is 34.8 Å². The minimum atomic E-state index is 0.00391. The lowest BCUT2D eigenvalue weighted by atomic mass is 9.74. The summed E-state index contributed by atoms with van der Waals surface area (Å²) < 4.78 is 7.55. The second kappa shape index (κ2) is 8.47. The van der Waals surface area contributed by atoms with E-state index >= 15 is 0 Å². The molecule has 32 heavy (non-hydrogen) atoms. The highest BCUT2D eigenvalue weighted by Crippen LogP contribution is 2.42. The smallest absolute Gasteiger partial charge is 0.251 e. The Balaban J connectivity index is 1.22. The number of nitrogens with zero attached hydrogens (tertiary/aromatic N) is 4. The van der Waals surface area contributed by atoms with Crippen molar-refractivity contribution in [3.8, 4) is 11.5 Å². The highest BCUT2D eigenvalue weighted by molar-refractivity contribution is 5.94. The van der Waals surface area contributed by atoms with Crippen molar-refractivity contribution in [2.45, 2.75) is 24.8 Å². The number of aromatic nitrogens is 2. The quantitative estimate of drug-likeness (QED) is 0.646. The van der Waals surface area contributed by atoms with Crippen LogP contribution in [0.5, 0.6) is 0 Å². The summed E-state index contributed by atoms with van der Waals surface area (Å²) in [5.74, 6) is 1.90. The molecule has 5 heterocycles. The number of aryl methyl sites for hydroxylation is 1. The van der Waals surface area contributed by atoms with E-state index in [1.807, 2.05) is 67.1 Å². The number of nitrogens with one attached hydrogen (secondary N) is 1. The summed E-state index contributed by atoms with van der Waals surface area (Å²) in [6.45, 7) is 2.81. The fourth-order valence-corrected chi connectivity index (χ4v) is 5.28. The number of hydrogen-bond acceptors (Lipinski definition) is 5. The molecule has 3 aliphatic rings. The normalized spacial score (nSPS) is 24.5. The van der Waals surface area contributed by atoms with E-state index in [0.717, 1.165) is 36.7 Å². The Morgan fingerprint density at radius 1 is 1.25 bits per heavy atom. The van der Waals surface area contributed by atoms with Crippen LogP contribution in [0.2, 0.25) is 0 Å². The lowest BCUT2D eigenvalue weighted by molar-refractivity contribution is 0.0280. The summed E-state index contributed by atoms with van der Waals surface area (Å²) in [5, 5.41) is 7.85. The summed E-state index contributed by atoms with van der Waals surface area (Å²) in [6, 6.07) is 14.2. The third-order valence-electron chi connectivity index (χ3n) is 7.09. The Morgan fingerprint density at radius 3 is 2.72 bits per heavy atom. The van der Waals surface area contributed by atoms with Gasteiger partial charge in [0.2, 0.25) is 0 Å². The van der Waals surface area contributed by atoms with Crippen molar-refractivity contribution in [2.24, 2.45) is 13.0 Å². The maximum Gasteiger partial charge on any atom is 0.251 e. The minimum Gasteiger partial charge on any atom is -0.463 e. The third-order valence-corrected chi connectivity index (χ3v) is 7.09. The molecule has 3 aliphatic heterocycles. The first-order valence-electron chi connectivity index (χ1n) is 11.4. The van der Waals surface area contributed by atoms with Crippen LogP contribution in [0, 0.1) is 5.92 Å². The molecule has 1 N–H and O–H groups in total. The molecule has 2 bridgehead atoms. The van der Waals surface area contributed by atoms with Gasteiger partial charge in [-0.15, -0.1) is 0 Å². The van der Waals surface area contributed by atoms with Gasteiger partial charge >= 0.3 is 0 Å². The topological polar surface area (TPSA) is 66.5 Å². The third kappa shape index (κ3) is 3.93. The second-order valence-electron chi connectivity index (χ2n) is 9.25. The molecule has 0 radical (unpaired) electrons. The van der Waals surface area contributed by atoms with Crippen molar-refractivity contribution >= 4 is 11.6 Å². The number of hydrogen-bond donors (Lipinski definition) is 1. The van der Waals surface area contributed by atoms with E-state index in [2.05, 4.69) is 21.4 Å². The van der Waals surface area contributed by atoms with E-state index in [-0.39, 0.29) is 5.91 Å². The molecule has 4 atom stereocenters. The van der Waals surface area contributed by atoms with Crippen LogP contribution in [0.4, 0.5) is 5.69 Å². The van der Waals surface area contributed by atoms with Crippen LogP contribution in [0.3, 0.4) is 0 Å². The molecule has 2 aromatic heterocycles. The molecule has 7 heteroatoms. The average Bonchev–Trinajstić information content (AvgIpc) is 3.48. The van der Waals surface area contributed by atoms with Gasteiger partial charge in [0.25, 0.3) is 5.91 Å². The average molecular weight is 434 g/mol. The number of furan rings is 1. The van der Waals surface area contributed by atoms with Gasteiger partial charge in [-0.2, -0.15) is 5.10 Å². The summed E-state index contributed by atoms with van der Waals surface area (Å²) in [6.07, 6.45) is 3.99. The Kier molecular flexibility index (Phi) is 5.51. The zero-order chi connectivity index (χ0) is 22.2. The molecule has 6 rings (SSSR count). The first kappa shape index (κ1) is 20.8. The van der Waals surface area contributed by atoms with Crippen LogP contribution in [0.15, 0.2) is 53.1 Å². The first-order valence-corrected chi connectivity index (χ1v) is 11.4. The second-order valence-corrected chi connectivity index (χ2v) is 9.25. The molecule has 168 valence electrons. The number of benzene rings is 1. The zero-order valence-corrected chi connectivity index (χ0v) is 19.0. The molecular weight excluding hydrogens is 402 g/mol. The van der Waals surface area contributed by atoms with E-state index in [1.165, 1.54) is 12.1 Å². The largest absolute Gasteiger partial charge is 0.463 e. The number of anilines is 1. The van der Waals surface area contributed by atoms with Crippen LogP contribution in [-0.4, -0.2) is 60.4 Å². The van der Waals surface area contributed by atoms with Crippen molar-refractivity contribution in [1.29, 1.82) is 0 Å². The lowest BCUT2D eigenvalue weighted by Gasteiger charge is -2.50. The Bertz CT molecular complexity index is 1070. The van der Waals surface area contributed by atoms with Gasteiger partial charge < -0.3 is 14.6 Å². The summed E-state index contributed by atoms with van der Waals surface area (Å²) in [5.41, 5.74) is 3.97.